The Kier molecular flexibility index (Phi) is 4.28. The molecule has 0 radical (unpaired) electrons. The maximum atomic E-state index is 12.4. The fourth-order valence-electron chi connectivity index (χ4n) is 2.57. The lowest BCUT2D eigenvalue weighted by atomic mass is 9.87. The Morgan fingerprint density at radius 3 is 2.53 bits per heavy atom. The Bertz CT molecular complexity index is 371. The minimum absolute atomic E-state index is 0.0773. The lowest BCUT2D eigenvalue weighted by molar-refractivity contribution is -0.145. The first kappa shape index (κ1) is 14.5. The van der Waals surface area contributed by atoms with E-state index in [9.17, 15) is 9.59 Å². The molecule has 0 aromatic heterocycles. The number of rotatable bonds is 2. The van der Waals surface area contributed by atoms with Crippen LogP contribution in [0, 0.1) is 11.8 Å². The molecule has 0 bridgehead atoms. The molecule has 2 fully saturated rings. The van der Waals surface area contributed by atoms with E-state index in [1.165, 1.54) is 0 Å². The van der Waals surface area contributed by atoms with Gasteiger partial charge in [0.2, 0.25) is 0 Å². The zero-order chi connectivity index (χ0) is 14.2. The van der Waals surface area contributed by atoms with E-state index in [1.54, 1.807) is 11.8 Å². The third-order valence-corrected chi connectivity index (χ3v) is 5.74. The number of urea groups is 1. The van der Waals surface area contributed by atoms with Crippen molar-refractivity contribution in [2.75, 3.05) is 25.4 Å². The van der Waals surface area contributed by atoms with E-state index in [0.29, 0.717) is 18.3 Å². The minimum atomic E-state index is -0.770. The van der Waals surface area contributed by atoms with E-state index in [1.807, 2.05) is 16.7 Å². The summed E-state index contributed by atoms with van der Waals surface area (Å²) in [7, 11) is 0. The van der Waals surface area contributed by atoms with Crippen molar-refractivity contribution in [2.45, 2.75) is 32.1 Å². The summed E-state index contributed by atoms with van der Waals surface area (Å²) in [6, 6.07) is 0.329. The van der Waals surface area contributed by atoms with E-state index in [0.717, 1.165) is 12.3 Å². The van der Waals surface area contributed by atoms with Crippen LogP contribution in [-0.2, 0) is 4.79 Å². The quantitative estimate of drug-likeness (QED) is 0.837. The summed E-state index contributed by atoms with van der Waals surface area (Å²) in [6.45, 7) is 7.92. The summed E-state index contributed by atoms with van der Waals surface area (Å²) >= 11 is 1.90. The number of carboxylic acids is 1. The average Bonchev–Trinajstić information content (AvgIpc) is 2.30. The highest BCUT2D eigenvalue weighted by molar-refractivity contribution is 8.00. The summed E-state index contributed by atoms with van der Waals surface area (Å²) in [5, 5.41) is 9.42. The zero-order valence-corrected chi connectivity index (χ0v) is 12.5. The van der Waals surface area contributed by atoms with E-state index >= 15 is 0 Å². The number of carbonyl (C=O) groups is 2. The van der Waals surface area contributed by atoms with Crippen LogP contribution in [0.5, 0.6) is 0 Å². The van der Waals surface area contributed by atoms with Crippen molar-refractivity contribution in [1.82, 2.24) is 9.80 Å². The number of aliphatic carboxylic acids is 1. The second kappa shape index (κ2) is 5.61. The van der Waals surface area contributed by atoms with E-state index in [4.69, 9.17) is 5.11 Å². The molecule has 2 aliphatic rings. The monoisotopic (exact) mass is 286 g/mol. The van der Waals surface area contributed by atoms with Crippen LogP contribution in [0.15, 0.2) is 0 Å². The van der Waals surface area contributed by atoms with Gasteiger partial charge in [-0.15, -0.1) is 0 Å². The largest absolute Gasteiger partial charge is 0.481 e. The molecule has 2 saturated heterocycles. The van der Waals surface area contributed by atoms with Crippen LogP contribution >= 0.6 is 11.8 Å². The number of nitrogens with zero attached hydrogens (tertiary/aromatic N) is 2. The van der Waals surface area contributed by atoms with Gasteiger partial charge < -0.3 is 14.9 Å². The Morgan fingerprint density at radius 2 is 1.95 bits per heavy atom. The molecule has 108 valence electrons. The van der Waals surface area contributed by atoms with Gasteiger partial charge in [0.1, 0.15) is 0 Å². The van der Waals surface area contributed by atoms with Crippen LogP contribution in [0.4, 0.5) is 4.79 Å². The molecule has 0 aromatic rings. The molecule has 19 heavy (non-hydrogen) atoms. The van der Waals surface area contributed by atoms with Crippen LogP contribution in [0.25, 0.3) is 0 Å². The van der Waals surface area contributed by atoms with Crippen molar-refractivity contribution in [3.63, 3.8) is 0 Å². The van der Waals surface area contributed by atoms with Crippen LogP contribution in [0.2, 0.25) is 0 Å². The molecule has 1 N–H and O–H groups in total. The van der Waals surface area contributed by atoms with Gasteiger partial charge in [0.25, 0.3) is 0 Å². The van der Waals surface area contributed by atoms with Gasteiger partial charge in [0.05, 0.1) is 5.92 Å². The third-order valence-electron chi connectivity index (χ3n) is 4.41. The van der Waals surface area contributed by atoms with Crippen molar-refractivity contribution in [3.05, 3.63) is 0 Å². The van der Waals surface area contributed by atoms with Crippen LogP contribution in [0.3, 0.4) is 0 Å². The molecule has 2 aliphatic heterocycles. The van der Waals surface area contributed by atoms with Crippen LogP contribution in [-0.4, -0.2) is 63.6 Å². The lowest BCUT2D eigenvalue weighted by Gasteiger charge is -2.46. The maximum absolute atomic E-state index is 12.4. The molecule has 3 atom stereocenters. The first-order valence-corrected chi connectivity index (χ1v) is 7.86. The molecule has 0 aliphatic carbocycles. The molecule has 2 heterocycles. The lowest BCUT2D eigenvalue weighted by Crippen LogP contribution is -2.60. The number of carboxylic acid groups (broad SMARTS) is 1. The second-order valence-corrected chi connectivity index (χ2v) is 7.07. The van der Waals surface area contributed by atoms with Crippen LogP contribution < -0.4 is 0 Å². The predicted molar refractivity (Wildman–Crippen MR) is 75.3 cm³/mol. The number of amides is 2. The number of likely N-dealkylation sites (tertiary alicyclic amines) is 1. The van der Waals surface area contributed by atoms with E-state index in [2.05, 4.69) is 13.8 Å². The summed E-state index contributed by atoms with van der Waals surface area (Å²) in [5.74, 6) is -0.0424. The highest BCUT2D eigenvalue weighted by Gasteiger charge is 2.40. The second-order valence-electron chi connectivity index (χ2n) is 5.58. The molecule has 6 heteroatoms. The van der Waals surface area contributed by atoms with Gasteiger partial charge in [-0.1, -0.05) is 13.8 Å². The molecule has 5 nitrogen and oxygen atoms in total. The first-order chi connectivity index (χ1) is 8.91. The van der Waals surface area contributed by atoms with Gasteiger partial charge >= 0.3 is 12.0 Å². The fourth-order valence-corrected chi connectivity index (χ4v) is 3.67. The molecule has 0 aromatic carbocycles. The molecule has 3 unspecified atom stereocenters. The minimum Gasteiger partial charge on any atom is -0.481 e. The number of hydrogen-bond acceptors (Lipinski definition) is 3. The van der Waals surface area contributed by atoms with Crippen LogP contribution in [0.1, 0.15) is 20.8 Å². The van der Waals surface area contributed by atoms with Gasteiger partial charge in [0.15, 0.2) is 0 Å². The molecule has 2 amide bonds. The number of carbonyl (C=O) groups excluding carboxylic acids is 1. The van der Waals surface area contributed by atoms with Crippen molar-refractivity contribution < 1.29 is 14.7 Å². The van der Waals surface area contributed by atoms with E-state index in [-0.39, 0.29) is 23.9 Å². The van der Waals surface area contributed by atoms with Crippen molar-refractivity contribution >= 4 is 23.8 Å². The summed E-state index contributed by atoms with van der Waals surface area (Å²) in [4.78, 5) is 27.0. The van der Waals surface area contributed by atoms with Crippen molar-refractivity contribution in [3.8, 4) is 0 Å². The molecular weight excluding hydrogens is 264 g/mol. The standard InChI is InChI=1S/C13H22N2O3S/c1-8(12(16)17)11-6-14(7-11)13(18)15-4-5-19-10(3)9(15)2/h8-11H,4-7H2,1-3H3,(H,16,17). The smallest absolute Gasteiger partial charge is 0.320 e. The number of thioether (sulfide) groups is 1. The molecule has 0 saturated carbocycles. The molecule has 0 spiro atoms. The number of hydrogen-bond donors (Lipinski definition) is 1. The first-order valence-electron chi connectivity index (χ1n) is 6.81. The van der Waals surface area contributed by atoms with Gasteiger partial charge in [-0.2, -0.15) is 11.8 Å². The van der Waals surface area contributed by atoms with Crippen molar-refractivity contribution in [2.24, 2.45) is 11.8 Å². The topological polar surface area (TPSA) is 60.9 Å². The fraction of sp³-hybridized carbons (Fsp3) is 0.846. The Morgan fingerprint density at radius 1 is 1.32 bits per heavy atom. The predicted octanol–water partition coefficient (Wildman–Crippen LogP) is 1.58. The highest BCUT2D eigenvalue weighted by atomic mass is 32.2. The average molecular weight is 286 g/mol. The Labute approximate surface area is 118 Å². The van der Waals surface area contributed by atoms with Gasteiger partial charge in [-0.3, -0.25) is 4.79 Å². The normalized spacial score (nSPS) is 29.8. The third kappa shape index (κ3) is 2.83. The molecule has 2 rings (SSSR count). The zero-order valence-electron chi connectivity index (χ0n) is 11.7. The van der Waals surface area contributed by atoms with Gasteiger partial charge in [-0.25, -0.2) is 4.79 Å². The van der Waals surface area contributed by atoms with Crippen molar-refractivity contribution in [1.29, 1.82) is 0 Å². The summed E-state index contributed by atoms with van der Waals surface area (Å²) < 4.78 is 0. The van der Waals surface area contributed by atoms with E-state index < -0.39 is 5.97 Å². The summed E-state index contributed by atoms with van der Waals surface area (Å²) in [6.07, 6.45) is 0. The Hall–Kier alpha value is -0.910. The summed E-state index contributed by atoms with van der Waals surface area (Å²) in [5.41, 5.74) is 0. The SMILES string of the molecule is CC1SCCN(C(=O)N2CC(C(C)C(=O)O)C2)C1C. The highest BCUT2D eigenvalue weighted by Crippen LogP contribution is 2.29. The molecular formula is C13H22N2O3S. The Balaban J connectivity index is 1.87. The van der Waals surface area contributed by atoms with Gasteiger partial charge in [-0.05, 0) is 6.92 Å². The van der Waals surface area contributed by atoms with Gasteiger partial charge in [0, 0.05) is 42.6 Å². The maximum Gasteiger partial charge on any atom is 0.320 e.